The van der Waals surface area contributed by atoms with Gasteiger partial charge in [-0.1, -0.05) is 0 Å². The lowest BCUT2D eigenvalue weighted by Crippen LogP contribution is -2.08. The third-order valence-corrected chi connectivity index (χ3v) is 2.63. The molecule has 0 aliphatic heterocycles. The van der Waals surface area contributed by atoms with E-state index in [1.165, 1.54) is 12.1 Å². The van der Waals surface area contributed by atoms with E-state index in [4.69, 9.17) is 4.74 Å². The summed E-state index contributed by atoms with van der Waals surface area (Å²) in [6.07, 6.45) is 1.55. The summed E-state index contributed by atoms with van der Waals surface area (Å²) in [6, 6.07) is 4.24. The lowest BCUT2D eigenvalue weighted by molar-refractivity contribution is 0.0521. The number of aromatic nitrogens is 1. The van der Waals surface area contributed by atoms with Gasteiger partial charge in [0, 0.05) is 25.0 Å². The van der Waals surface area contributed by atoms with Crippen LogP contribution in [0.25, 0.3) is 10.9 Å². The van der Waals surface area contributed by atoms with Crippen LogP contribution in [0.1, 0.15) is 17.4 Å². The van der Waals surface area contributed by atoms with Crippen molar-refractivity contribution in [2.24, 2.45) is 4.99 Å². The van der Waals surface area contributed by atoms with Crippen molar-refractivity contribution in [3.63, 3.8) is 0 Å². The first-order chi connectivity index (χ1) is 9.52. The maximum Gasteiger partial charge on any atom is 0.357 e. The first-order valence-corrected chi connectivity index (χ1v) is 6.22. The molecule has 0 bridgehead atoms. The maximum absolute atomic E-state index is 13.4. The summed E-state index contributed by atoms with van der Waals surface area (Å²) >= 11 is 0. The van der Waals surface area contributed by atoms with Gasteiger partial charge >= 0.3 is 5.97 Å². The third-order valence-electron chi connectivity index (χ3n) is 2.63. The summed E-state index contributed by atoms with van der Waals surface area (Å²) in [7, 11) is 3.62. The van der Waals surface area contributed by atoms with Crippen LogP contribution in [0.5, 0.6) is 0 Å². The molecule has 0 saturated heterocycles. The largest absolute Gasteiger partial charge is 0.461 e. The van der Waals surface area contributed by atoms with Crippen LogP contribution in [0.4, 0.5) is 10.1 Å². The number of ether oxygens (including phenoxy) is 1. The van der Waals surface area contributed by atoms with Crippen molar-refractivity contribution in [2.45, 2.75) is 6.92 Å². The molecule has 0 atom stereocenters. The molecule has 0 unspecified atom stereocenters. The van der Waals surface area contributed by atoms with Crippen molar-refractivity contribution in [3.05, 3.63) is 29.7 Å². The lowest BCUT2D eigenvalue weighted by Gasteiger charge is -2.03. The number of carbonyl (C=O) groups excluding carboxylic acids is 1. The molecule has 1 N–H and O–H groups in total. The molecular weight excluding hydrogens is 261 g/mol. The van der Waals surface area contributed by atoms with Crippen molar-refractivity contribution >= 4 is 28.9 Å². The number of hydrogen-bond donors (Lipinski definition) is 1. The summed E-state index contributed by atoms with van der Waals surface area (Å²) in [5.74, 6) is -0.886. The topological polar surface area (TPSA) is 57.7 Å². The van der Waals surface area contributed by atoms with Gasteiger partial charge in [-0.25, -0.2) is 14.2 Å². The molecule has 5 nitrogen and oxygen atoms in total. The number of halogens is 1. The number of nitrogens with one attached hydrogen (secondary N) is 1. The van der Waals surface area contributed by atoms with Crippen molar-refractivity contribution < 1.29 is 13.9 Å². The third kappa shape index (κ3) is 2.79. The van der Waals surface area contributed by atoms with Gasteiger partial charge in [0.15, 0.2) is 5.69 Å². The number of aromatic amines is 1. The first-order valence-electron chi connectivity index (χ1n) is 6.22. The van der Waals surface area contributed by atoms with Crippen LogP contribution < -0.4 is 0 Å². The molecule has 1 aromatic carbocycles. The van der Waals surface area contributed by atoms with Gasteiger partial charge in [-0.3, -0.25) is 0 Å². The van der Waals surface area contributed by atoms with E-state index in [1.54, 1.807) is 24.2 Å². The van der Waals surface area contributed by atoms with Gasteiger partial charge in [-0.05, 0) is 25.1 Å². The lowest BCUT2D eigenvalue weighted by atomic mass is 10.2. The first kappa shape index (κ1) is 14.0. The van der Waals surface area contributed by atoms with E-state index in [0.29, 0.717) is 16.6 Å². The Morgan fingerprint density at radius 3 is 2.90 bits per heavy atom. The van der Waals surface area contributed by atoms with Crippen molar-refractivity contribution in [3.8, 4) is 0 Å². The van der Waals surface area contributed by atoms with Crippen LogP contribution >= 0.6 is 0 Å². The van der Waals surface area contributed by atoms with Crippen LogP contribution in [0, 0.1) is 5.82 Å². The molecule has 0 aliphatic carbocycles. The quantitative estimate of drug-likeness (QED) is 0.531. The van der Waals surface area contributed by atoms with E-state index in [2.05, 4.69) is 9.98 Å². The summed E-state index contributed by atoms with van der Waals surface area (Å²) in [5.41, 5.74) is 1.25. The van der Waals surface area contributed by atoms with Gasteiger partial charge < -0.3 is 14.6 Å². The standard InChI is InChI=1S/C14H16FN3O2/c1-4-20-14(19)13-12(16-8-18(2)3)10-7-9(15)5-6-11(10)17-13/h5-8,17H,4H2,1-3H3. The molecule has 6 heteroatoms. The Morgan fingerprint density at radius 2 is 2.25 bits per heavy atom. The number of aliphatic imine (C=N–C) groups is 1. The SMILES string of the molecule is CCOC(=O)c1[nH]c2ccc(F)cc2c1N=CN(C)C. The number of H-pyrrole nitrogens is 1. The Hall–Kier alpha value is -2.37. The molecule has 0 radical (unpaired) electrons. The van der Waals surface area contributed by atoms with Crippen LogP contribution in [0.2, 0.25) is 0 Å². The highest BCUT2D eigenvalue weighted by atomic mass is 19.1. The number of benzene rings is 1. The van der Waals surface area contributed by atoms with Gasteiger partial charge in [0.05, 0.1) is 12.9 Å². The van der Waals surface area contributed by atoms with Gasteiger partial charge in [-0.15, -0.1) is 0 Å². The second kappa shape index (κ2) is 5.73. The summed E-state index contributed by atoms with van der Waals surface area (Å²) in [6.45, 7) is 1.99. The minimum absolute atomic E-state index is 0.227. The summed E-state index contributed by atoms with van der Waals surface area (Å²) in [5, 5.41) is 0.547. The fourth-order valence-electron chi connectivity index (χ4n) is 1.81. The Balaban J connectivity index is 2.60. The smallest absolute Gasteiger partial charge is 0.357 e. The molecule has 2 rings (SSSR count). The second-order valence-corrected chi connectivity index (χ2v) is 4.47. The van der Waals surface area contributed by atoms with Crippen LogP contribution in [-0.2, 0) is 4.74 Å². The van der Waals surface area contributed by atoms with Crippen molar-refractivity contribution in [2.75, 3.05) is 20.7 Å². The van der Waals surface area contributed by atoms with E-state index >= 15 is 0 Å². The summed E-state index contributed by atoms with van der Waals surface area (Å²) in [4.78, 5) is 20.8. The Bertz CT molecular complexity index is 662. The number of fused-ring (bicyclic) bond motifs is 1. The molecule has 0 fully saturated rings. The predicted molar refractivity (Wildman–Crippen MR) is 76.1 cm³/mol. The number of esters is 1. The van der Waals surface area contributed by atoms with Crippen LogP contribution in [0.3, 0.4) is 0 Å². The van der Waals surface area contributed by atoms with E-state index in [9.17, 15) is 9.18 Å². The van der Waals surface area contributed by atoms with E-state index in [1.807, 2.05) is 14.1 Å². The van der Waals surface area contributed by atoms with Crippen LogP contribution in [0.15, 0.2) is 23.2 Å². The van der Waals surface area contributed by atoms with Crippen molar-refractivity contribution in [1.29, 1.82) is 0 Å². The molecule has 106 valence electrons. The fourth-order valence-corrected chi connectivity index (χ4v) is 1.81. The Labute approximate surface area is 116 Å². The number of hydrogen-bond acceptors (Lipinski definition) is 3. The molecular formula is C14H16FN3O2. The average Bonchev–Trinajstić information content (AvgIpc) is 2.74. The zero-order chi connectivity index (χ0) is 14.7. The molecule has 0 amide bonds. The molecule has 1 heterocycles. The fraction of sp³-hybridized carbons (Fsp3) is 0.286. The van der Waals surface area contributed by atoms with Gasteiger partial charge in [0.25, 0.3) is 0 Å². The second-order valence-electron chi connectivity index (χ2n) is 4.47. The molecule has 2 aromatic rings. The zero-order valence-electron chi connectivity index (χ0n) is 11.6. The maximum atomic E-state index is 13.4. The van der Waals surface area contributed by atoms with Crippen LogP contribution in [-0.4, -0.2) is 42.9 Å². The average molecular weight is 277 g/mol. The minimum Gasteiger partial charge on any atom is -0.461 e. The molecule has 0 saturated carbocycles. The van der Waals surface area contributed by atoms with E-state index in [-0.39, 0.29) is 18.1 Å². The van der Waals surface area contributed by atoms with Gasteiger partial charge in [0.2, 0.25) is 0 Å². The molecule has 1 aromatic heterocycles. The number of nitrogens with zero attached hydrogens (tertiary/aromatic N) is 2. The number of rotatable bonds is 4. The zero-order valence-corrected chi connectivity index (χ0v) is 11.6. The predicted octanol–water partition coefficient (Wildman–Crippen LogP) is 2.71. The Morgan fingerprint density at radius 1 is 1.50 bits per heavy atom. The molecule has 0 aliphatic rings. The highest BCUT2D eigenvalue weighted by Crippen LogP contribution is 2.31. The summed E-state index contributed by atoms with van der Waals surface area (Å²) < 4.78 is 18.4. The number of carbonyl (C=O) groups is 1. The Kier molecular flexibility index (Phi) is 4.02. The van der Waals surface area contributed by atoms with E-state index < -0.39 is 5.97 Å². The normalized spacial score (nSPS) is 11.2. The minimum atomic E-state index is -0.505. The molecule has 0 spiro atoms. The monoisotopic (exact) mass is 277 g/mol. The highest BCUT2D eigenvalue weighted by molar-refractivity contribution is 6.05. The van der Waals surface area contributed by atoms with Crippen molar-refractivity contribution in [1.82, 2.24) is 9.88 Å². The highest BCUT2D eigenvalue weighted by Gasteiger charge is 2.18. The van der Waals surface area contributed by atoms with E-state index in [0.717, 1.165) is 0 Å². The van der Waals surface area contributed by atoms with Gasteiger partial charge in [0.1, 0.15) is 11.5 Å². The van der Waals surface area contributed by atoms with Gasteiger partial charge in [-0.2, -0.15) is 0 Å². The molecule has 20 heavy (non-hydrogen) atoms.